The molecule has 0 saturated heterocycles. The zero-order valence-corrected chi connectivity index (χ0v) is 24.1. The van der Waals surface area contributed by atoms with Crippen LogP contribution in [-0.4, -0.2) is 48.7 Å². The van der Waals surface area contributed by atoms with E-state index in [-0.39, 0.29) is 32.0 Å². The topological polar surface area (TPSA) is 120 Å². The number of esters is 2. The Morgan fingerprint density at radius 2 is 1.38 bits per heavy atom. The number of alkyl carbamates (subject to hydrolysis) is 1. The number of amides is 2. The van der Waals surface area contributed by atoms with Gasteiger partial charge in [-0.25, -0.2) is 4.79 Å². The fraction of sp³-hybridized carbons (Fsp3) is 0.333. The van der Waals surface area contributed by atoms with Crippen LogP contribution in [-0.2, 0) is 35.2 Å². The first-order valence-electron chi connectivity index (χ1n) is 13.9. The number of benzene rings is 3. The van der Waals surface area contributed by atoms with Crippen molar-refractivity contribution < 1.29 is 33.4 Å². The first-order chi connectivity index (χ1) is 20.1. The summed E-state index contributed by atoms with van der Waals surface area (Å²) in [7, 11) is 0. The van der Waals surface area contributed by atoms with Crippen molar-refractivity contribution in [1.29, 1.82) is 0 Å². The molecular weight excluding hydrogens is 536 g/mol. The van der Waals surface area contributed by atoms with E-state index in [4.69, 9.17) is 14.2 Å². The monoisotopic (exact) mass is 572 g/mol. The lowest BCUT2D eigenvalue weighted by Gasteiger charge is -2.22. The summed E-state index contributed by atoms with van der Waals surface area (Å²) in [5, 5.41) is 5.04. The minimum absolute atomic E-state index is 0.0516. The second-order valence-corrected chi connectivity index (χ2v) is 11.0. The van der Waals surface area contributed by atoms with Crippen molar-refractivity contribution in [3.05, 3.63) is 95.6 Å². The number of hydrogen-bond acceptors (Lipinski definition) is 7. The van der Waals surface area contributed by atoms with Crippen LogP contribution in [0.25, 0.3) is 11.1 Å². The highest BCUT2D eigenvalue weighted by atomic mass is 16.6. The predicted molar refractivity (Wildman–Crippen MR) is 156 cm³/mol. The Labute approximate surface area is 245 Å². The molecule has 3 aromatic carbocycles. The van der Waals surface area contributed by atoms with E-state index in [0.29, 0.717) is 0 Å². The van der Waals surface area contributed by atoms with E-state index in [2.05, 4.69) is 10.6 Å². The van der Waals surface area contributed by atoms with E-state index in [1.165, 1.54) is 0 Å². The van der Waals surface area contributed by atoms with E-state index in [1.54, 1.807) is 20.8 Å². The van der Waals surface area contributed by atoms with Gasteiger partial charge < -0.3 is 24.8 Å². The van der Waals surface area contributed by atoms with Gasteiger partial charge in [0.15, 0.2) is 0 Å². The molecule has 3 aromatic rings. The molecule has 9 heteroatoms. The summed E-state index contributed by atoms with van der Waals surface area (Å²) >= 11 is 0. The summed E-state index contributed by atoms with van der Waals surface area (Å²) in [5.41, 5.74) is 4.41. The number of nitrogens with one attached hydrogen (secondary N) is 2. The standard InChI is InChI=1S/C33H36N2O7/c1-33(2,3)42-29(36)18-17-28(31(38)34-19-30(37)40-20-22-11-5-4-6-12-22)35-32(39)41-21-27-25-15-9-7-13-23(25)24-14-8-10-16-26(24)27/h4-16,27-28H,17-21H2,1-3H3,(H,34,38)(H,35,39). The smallest absolute Gasteiger partial charge is 0.407 e. The Bertz CT molecular complexity index is 1370. The van der Waals surface area contributed by atoms with Gasteiger partial charge in [-0.05, 0) is 55.0 Å². The highest BCUT2D eigenvalue weighted by Gasteiger charge is 2.30. The summed E-state index contributed by atoms with van der Waals surface area (Å²) in [4.78, 5) is 50.4. The van der Waals surface area contributed by atoms with Crippen molar-refractivity contribution in [2.75, 3.05) is 13.2 Å². The molecule has 42 heavy (non-hydrogen) atoms. The minimum atomic E-state index is -1.14. The normalized spacial score (nSPS) is 12.8. The molecule has 1 aliphatic carbocycles. The predicted octanol–water partition coefficient (Wildman–Crippen LogP) is 4.88. The van der Waals surface area contributed by atoms with E-state index >= 15 is 0 Å². The Hall–Kier alpha value is -4.66. The summed E-state index contributed by atoms with van der Waals surface area (Å²) in [6.07, 6.45) is -0.991. The summed E-state index contributed by atoms with van der Waals surface area (Å²) in [6.45, 7) is 4.95. The second kappa shape index (κ2) is 13.8. The molecule has 0 fully saturated rings. The maximum absolute atomic E-state index is 13.0. The van der Waals surface area contributed by atoms with Gasteiger partial charge in [0.2, 0.25) is 5.91 Å². The van der Waals surface area contributed by atoms with Crippen molar-refractivity contribution >= 4 is 23.9 Å². The van der Waals surface area contributed by atoms with E-state index in [9.17, 15) is 19.2 Å². The van der Waals surface area contributed by atoms with Gasteiger partial charge in [-0.15, -0.1) is 0 Å². The Balaban J connectivity index is 1.35. The fourth-order valence-electron chi connectivity index (χ4n) is 4.78. The van der Waals surface area contributed by atoms with Crippen molar-refractivity contribution in [2.45, 2.75) is 57.8 Å². The van der Waals surface area contributed by atoms with Crippen LogP contribution in [0.4, 0.5) is 4.79 Å². The molecule has 0 radical (unpaired) electrons. The number of ether oxygens (including phenoxy) is 3. The van der Waals surface area contributed by atoms with Crippen LogP contribution < -0.4 is 10.6 Å². The minimum Gasteiger partial charge on any atom is -0.460 e. The van der Waals surface area contributed by atoms with Crippen LogP contribution >= 0.6 is 0 Å². The molecular formula is C33H36N2O7. The van der Waals surface area contributed by atoms with Crippen LogP contribution in [0.5, 0.6) is 0 Å². The van der Waals surface area contributed by atoms with Crippen LogP contribution in [0.15, 0.2) is 78.9 Å². The number of hydrogen-bond donors (Lipinski definition) is 2. The van der Waals surface area contributed by atoms with Gasteiger partial charge in [-0.1, -0.05) is 78.9 Å². The van der Waals surface area contributed by atoms with Crippen molar-refractivity contribution in [2.24, 2.45) is 0 Å². The number of fused-ring (bicyclic) bond motifs is 3. The SMILES string of the molecule is CC(C)(C)OC(=O)CCC(NC(=O)OCC1c2ccccc2-c2ccccc21)C(=O)NCC(=O)OCc1ccccc1. The first kappa shape index (κ1) is 30.3. The maximum Gasteiger partial charge on any atom is 0.407 e. The van der Waals surface area contributed by atoms with Gasteiger partial charge in [0.25, 0.3) is 0 Å². The molecule has 4 rings (SSSR count). The molecule has 2 N–H and O–H groups in total. The van der Waals surface area contributed by atoms with Gasteiger partial charge in [-0.2, -0.15) is 0 Å². The average molecular weight is 573 g/mol. The second-order valence-electron chi connectivity index (χ2n) is 11.0. The molecule has 0 bridgehead atoms. The third-order valence-corrected chi connectivity index (χ3v) is 6.66. The highest BCUT2D eigenvalue weighted by Crippen LogP contribution is 2.44. The van der Waals surface area contributed by atoms with Crippen molar-refractivity contribution in [3.8, 4) is 11.1 Å². The Morgan fingerprint density at radius 1 is 0.786 bits per heavy atom. The zero-order chi connectivity index (χ0) is 30.1. The summed E-state index contributed by atoms with van der Waals surface area (Å²) in [5.74, 6) is -1.96. The lowest BCUT2D eigenvalue weighted by atomic mass is 9.98. The summed E-state index contributed by atoms with van der Waals surface area (Å²) < 4.78 is 16.1. The van der Waals surface area contributed by atoms with E-state index in [0.717, 1.165) is 27.8 Å². The molecule has 0 aromatic heterocycles. The average Bonchev–Trinajstić information content (AvgIpc) is 3.29. The molecule has 0 spiro atoms. The lowest BCUT2D eigenvalue weighted by molar-refractivity contribution is -0.155. The van der Waals surface area contributed by atoms with Crippen LogP contribution in [0.3, 0.4) is 0 Å². The number of rotatable bonds is 11. The van der Waals surface area contributed by atoms with Gasteiger partial charge in [0, 0.05) is 12.3 Å². The van der Waals surface area contributed by atoms with Crippen molar-refractivity contribution in [3.63, 3.8) is 0 Å². The maximum atomic E-state index is 13.0. The Kier molecular flexibility index (Phi) is 9.96. The molecule has 2 amide bonds. The quantitative estimate of drug-likeness (QED) is 0.248. The molecule has 0 aliphatic heterocycles. The molecule has 220 valence electrons. The molecule has 9 nitrogen and oxygen atoms in total. The fourth-order valence-corrected chi connectivity index (χ4v) is 4.78. The van der Waals surface area contributed by atoms with Crippen LogP contribution in [0.2, 0.25) is 0 Å². The first-order valence-corrected chi connectivity index (χ1v) is 13.9. The largest absolute Gasteiger partial charge is 0.460 e. The number of carbonyl (C=O) groups excluding carboxylic acids is 4. The number of carbonyl (C=O) groups is 4. The third-order valence-electron chi connectivity index (χ3n) is 6.66. The van der Waals surface area contributed by atoms with Crippen LogP contribution in [0, 0.1) is 0 Å². The van der Waals surface area contributed by atoms with Gasteiger partial charge in [-0.3, -0.25) is 14.4 Å². The van der Waals surface area contributed by atoms with E-state index in [1.807, 2.05) is 78.9 Å². The highest BCUT2D eigenvalue weighted by molar-refractivity contribution is 5.88. The van der Waals surface area contributed by atoms with Gasteiger partial charge >= 0.3 is 18.0 Å². The molecule has 0 heterocycles. The molecule has 0 saturated carbocycles. The zero-order valence-electron chi connectivity index (χ0n) is 24.1. The summed E-state index contributed by atoms with van der Waals surface area (Å²) in [6, 6.07) is 23.9. The van der Waals surface area contributed by atoms with Gasteiger partial charge in [0.1, 0.15) is 31.4 Å². The molecule has 1 aliphatic rings. The van der Waals surface area contributed by atoms with Crippen molar-refractivity contribution in [1.82, 2.24) is 10.6 Å². The Morgan fingerprint density at radius 3 is 2.00 bits per heavy atom. The molecule has 1 atom stereocenters. The van der Waals surface area contributed by atoms with E-state index < -0.39 is 42.1 Å². The lowest BCUT2D eigenvalue weighted by Crippen LogP contribution is -2.48. The van der Waals surface area contributed by atoms with Crippen LogP contribution in [0.1, 0.15) is 56.2 Å². The van der Waals surface area contributed by atoms with Gasteiger partial charge in [0.05, 0.1) is 0 Å². The third kappa shape index (κ3) is 8.42. The molecule has 1 unspecified atom stereocenters.